The smallest absolute Gasteiger partial charge is 0.234 e. The van der Waals surface area contributed by atoms with Crippen molar-refractivity contribution in [1.29, 1.82) is 0 Å². The topological polar surface area (TPSA) is 59.8 Å². The van der Waals surface area contributed by atoms with E-state index in [4.69, 9.17) is 0 Å². The monoisotopic (exact) mass is 450 g/mol. The number of aromatic nitrogens is 3. The van der Waals surface area contributed by atoms with Crippen LogP contribution in [-0.4, -0.2) is 32.7 Å². The van der Waals surface area contributed by atoms with Gasteiger partial charge in [-0.25, -0.2) is 4.39 Å². The maximum absolute atomic E-state index is 13.4. The van der Waals surface area contributed by atoms with Crippen LogP contribution in [0, 0.1) is 5.82 Å². The molecule has 3 aromatic carbocycles. The molecule has 1 heterocycles. The number of carbonyl (C=O) groups is 1. The number of halogens is 1. The van der Waals surface area contributed by atoms with Gasteiger partial charge in [0, 0.05) is 21.8 Å². The van der Waals surface area contributed by atoms with E-state index in [0.717, 1.165) is 21.8 Å². The van der Waals surface area contributed by atoms with Crippen molar-refractivity contribution in [1.82, 2.24) is 14.8 Å². The van der Waals surface area contributed by atoms with Gasteiger partial charge in [0.2, 0.25) is 5.91 Å². The van der Waals surface area contributed by atoms with Gasteiger partial charge in [-0.15, -0.1) is 22.0 Å². The third kappa shape index (κ3) is 5.15. The third-order valence-corrected chi connectivity index (χ3v) is 6.09. The molecule has 0 atom stereocenters. The molecular weight excluding hydrogens is 431 g/mol. The Morgan fingerprint density at radius 2 is 1.77 bits per heavy atom. The van der Waals surface area contributed by atoms with Crippen molar-refractivity contribution in [3.8, 4) is 17.1 Å². The summed E-state index contributed by atoms with van der Waals surface area (Å²) < 4.78 is 15.2. The number of hydrogen-bond donors (Lipinski definition) is 1. The van der Waals surface area contributed by atoms with Crippen molar-refractivity contribution in [2.75, 3.05) is 17.3 Å². The molecule has 0 fully saturated rings. The van der Waals surface area contributed by atoms with E-state index in [0.29, 0.717) is 11.0 Å². The molecule has 8 heteroatoms. The van der Waals surface area contributed by atoms with E-state index >= 15 is 0 Å². The predicted molar refractivity (Wildman–Crippen MR) is 124 cm³/mol. The normalized spacial score (nSPS) is 10.8. The largest absolute Gasteiger partial charge is 0.325 e. The number of anilines is 1. The fourth-order valence-electron chi connectivity index (χ4n) is 2.99. The minimum atomic E-state index is -0.314. The molecule has 1 aromatic heterocycles. The number of carbonyl (C=O) groups excluding carboxylic acids is 1. The SMILES string of the molecule is CSc1cccc(NC(=O)CSc2nnc(-c3ccc(F)cc3)n2-c2ccccc2)c1. The lowest BCUT2D eigenvalue weighted by Gasteiger charge is -2.10. The minimum Gasteiger partial charge on any atom is -0.325 e. The van der Waals surface area contributed by atoms with Crippen LogP contribution in [0.3, 0.4) is 0 Å². The quantitative estimate of drug-likeness (QED) is 0.375. The number of hydrogen-bond acceptors (Lipinski definition) is 5. The highest BCUT2D eigenvalue weighted by atomic mass is 32.2. The Hall–Kier alpha value is -3.10. The molecular formula is C23H19FN4OS2. The summed E-state index contributed by atoms with van der Waals surface area (Å²) in [6.07, 6.45) is 1.99. The van der Waals surface area contributed by atoms with Gasteiger partial charge in [-0.05, 0) is 60.9 Å². The van der Waals surface area contributed by atoms with Crippen molar-refractivity contribution < 1.29 is 9.18 Å². The summed E-state index contributed by atoms with van der Waals surface area (Å²) >= 11 is 2.92. The standard InChI is InChI=1S/C23H19FN4OS2/c1-30-20-9-5-6-18(14-20)25-21(29)15-31-23-27-26-22(16-10-12-17(24)13-11-16)28(23)19-7-3-2-4-8-19/h2-14H,15H2,1H3,(H,25,29). The lowest BCUT2D eigenvalue weighted by molar-refractivity contribution is -0.113. The molecule has 4 rings (SSSR count). The van der Waals surface area contributed by atoms with Gasteiger partial charge in [-0.2, -0.15) is 0 Å². The highest BCUT2D eigenvalue weighted by molar-refractivity contribution is 7.99. The molecule has 0 saturated heterocycles. The van der Waals surface area contributed by atoms with Crippen LogP contribution in [0.25, 0.3) is 17.1 Å². The summed E-state index contributed by atoms with van der Waals surface area (Å²) in [5.74, 6) is 0.319. The van der Waals surface area contributed by atoms with E-state index < -0.39 is 0 Å². The van der Waals surface area contributed by atoms with Crippen molar-refractivity contribution in [2.24, 2.45) is 0 Å². The number of para-hydroxylation sites is 1. The Morgan fingerprint density at radius 1 is 1.00 bits per heavy atom. The Labute approximate surface area is 188 Å². The van der Waals surface area contributed by atoms with E-state index in [1.165, 1.54) is 23.9 Å². The molecule has 0 saturated carbocycles. The fraction of sp³-hybridized carbons (Fsp3) is 0.0870. The van der Waals surface area contributed by atoms with Crippen LogP contribution in [0.2, 0.25) is 0 Å². The number of nitrogens with zero attached hydrogens (tertiary/aromatic N) is 3. The molecule has 0 radical (unpaired) electrons. The molecule has 0 aliphatic rings. The van der Waals surface area contributed by atoms with Crippen LogP contribution < -0.4 is 5.32 Å². The first-order chi connectivity index (χ1) is 15.1. The van der Waals surface area contributed by atoms with Crippen LogP contribution in [0.15, 0.2) is 88.9 Å². The summed E-state index contributed by atoms with van der Waals surface area (Å²) in [4.78, 5) is 13.6. The molecule has 5 nitrogen and oxygen atoms in total. The number of thioether (sulfide) groups is 2. The molecule has 0 aliphatic heterocycles. The van der Waals surface area contributed by atoms with Crippen LogP contribution in [0.1, 0.15) is 0 Å². The van der Waals surface area contributed by atoms with E-state index in [1.54, 1.807) is 23.9 Å². The second-order valence-electron chi connectivity index (χ2n) is 6.55. The zero-order valence-corrected chi connectivity index (χ0v) is 18.3. The van der Waals surface area contributed by atoms with Gasteiger partial charge in [0.05, 0.1) is 5.75 Å². The second kappa shape index (κ2) is 9.80. The van der Waals surface area contributed by atoms with Gasteiger partial charge in [0.25, 0.3) is 0 Å². The fourth-order valence-corrected chi connectivity index (χ4v) is 4.20. The predicted octanol–water partition coefficient (Wildman–Crippen LogP) is 5.53. The molecule has 1 amide bonds. The first kappa shape index (κ1) is 21.1. The zero-order chi connectivity index (χ0) is 21.6. The Bertz CT molecular complexity index is 1180. The molecule has 31 heavy (non-hydrogen) atoms. The summed E-state index contributed by atoms with van der Waals surface area (Å²) in [7, 11) is 0. The lowest BCUT2D eigenvalue weighted by atomic mass is 10.2. The van der Waals surface area contributed by atoms with Gasteiger partial charge in [-0.1, -0.05) is 36.0 Å². The molecule has 156 valence electrons. The highest BCUT2D eigenvalue weighted by Crippen LogP contribution is 2.28. The maximum Gasteiger partial charge on any atom is 0.234 e. The van der Waals surface area contributed by atoms with Crippen molar-refractivity contribution in [3.63, 3.8) is 0 Å². The van der Waals surface area contributed by atoms with Gasteiger partial charge < -0.3 is 5.32 Å². The van der Waals surface area contributed by atoms with Crippen molar-refractivity contribution in [2.45, 2.75) is 10.1 Å². The number of rotatable bonds is 7. The van der Waals surface area contributed by atoms with E-state index in [1.807, 2.05) is 65.4 Å². The number of nitrogens with one attached hydrogen (secondary N) is 1. The summed E-state index contributed by atoms with van der Waals surface area (Å²) in [6.45, 7) is 0. The maximum atomic E-state index is 13.4. The van der Waals surface area contributed by atoms with E-state index in [2.05, 4.69) is 15.5 Å². The number of benzene rings is 3. The van der Waals surface area contributed by atoms with Crippen LogP contribution in [0.4, 0.5) is 10.1 Å². The first-order valence-corrected chi connectivity index (χ1v) is 11.7. The van der Waals surface area contributed by atoms with Crippen molar-refractivity contribution >= 4 is 35.1 Å². The zero-order valence-electron chi connectivity index (χ0n) is 16.7. The van der Waals surface area contributed by atoms with Gasteiger partial charge in [-0.3, -0.25) is 9.36 Å². The second-order valence-corrected chi connectivity index (χ2v) is 8.37. The molecule has 0 unspecified atom stereocenters. The van der Waals surface area contributed by atoms with E-state index in [-0.39, 0.29) is 17.5 Å². The Balaban J connectivity index is 1.56. The Kier molecular flexibility index (Phi) is 6.69. The third-order valence-electron chi connectivity index (χ3n) is 4.44. The molecule has 0 spiro atoms. The lowest BCUT2D eigenvalue weighted by Crippen LogP contribution is -2.14. The van der Waals surface area contributed by atoms with Crippen LogP contribution in [-0.2, 0) is 4.79 Å². The molecule has 4 aromatic rings. The molecule has 0 bridgehead atoms. The summed E-state index contributed by atoms with van der Waals surface area (Å²) in [6, 6.07) is 23.5. The number of amides is 1. The highest BCUT2D eigenvalue weighted by Gasteiger charge is 2.17. The first-order valence-electron chi connectivity index (χ1n) is 9.47. The Morgan fingerprint density at radius 3 is 2.52 bits per heavy atom. The van der Waals surface area contributed by atoms with Crippen LogP contribution in [0.5, 0.6) is 0 Å². The average Bonchev–Trinajstić information content (AvgIpc) is 3.23. The average molecular weight is 451 g/mol. The minimum absolute atomic E-state index is 0.130. The van der Waals surface area contributed by atoms with Crippen LogP contribution >= 0.6 is 23.5 Å². The molecule has 0 aliphatic carbocycles. The van der Waals surface area contributed by atoms with Gasteiger partial charge >= 0.3 is 0 Å². The van der Waals surface area contributed by atoms with Gasteiger partial charge in [0.15, 0.2) is 11.0 Å². The summed E-state index contributed by atoms with van der Waals surface area (Å²) in [5.41, 5.74) is 2.36. The summed E-state index contributed by atoms with van der Waals surface area (Å²) in [5, 5.41) is 12.1. The van der Waals surface area contributed by atoms with Crippen molar-refractivity contribution in [3.05, 3.63) is 84.7 Å². The van der Waals surface area contributed by atoms with Gasteiger partial charge in [0.1, 0.15) is 5.82 Å². The molecule has 1 N–H and O–H groups in total. The van der Waals surface area contributed by atoms with E-state index in [9.17, 15) is 9.18 Å².